The van der Waals surface area contributed by atoms with Crippen molar-refractivity contribution in [2.24, 2.45) is 0 Å². The summed E-state index contributed by atoms with van der Waals surface area (Å²) in [7, 11) is 0. The van der Waals surface area contributed by atoms with Gasteiger partial charge >= 0.3 is 0 Å². The molecule has 24 heavy (non-hydrogen) atoms. The first-order chi connectivity index (χ1) is 11.4. The van der Waals surface area contributed by atoms with E-state index in [0.29, 0.717) is 27.2 Å². The quantitative estimate of drug-likeness (QED) is 0.750. The molecule has 0 atom stereocenters. The molecule has 2 heterocycles. The maximum absolute atomic E-state index is 12.4. The largest absolute Gasteiger partial charge is 0.306 e. The van der Waals surface area contributed by atoms with Gasteiger partial charge in [0.25, 0.3) is 5.91 Å². The first-order valence-electron chi connectivity index (χ1n) is 7.20. The van der Waals surface area contributed by atoms with Crippen molar-refractivity contribution in [1.29, 1.82) is 0 Å². The topological polar surface area (TPSA) is 59.8 Å². The number of anilines is 1. The van der Waals surface area contributed by atoms with Gasteiger partial charge in [0.05, 0.1) is 15.7 Å². The Kier molecular flexibility index (Phi) is 4.55. The summed E-state index contributed by atoms with van der Waals surface area (Å²) in [6.07, 6.45) is 1.48. The fourth-order valence-corrected chi connectivity index (χ4v) is 2.67. The van der Waals surface area contributed by atoms with E-state index in [-0.39, 0.29) is 5.91 Å². The van der Waals surface area contributed by atoms with Crippen LogP contribution in [-0.2, 0) is 0 Å². The third-order valence-corrected chi connectivity index (χ3v) is 3.86. The smallest absolute Gasteiger partial charge is 0.256 e. The summed E-state index contributed by atoms with van der Waals surface area (Å²) in [5, 5.41) is 7.95. The maximum atomic E-state index is 12.4. The first kappa shape index (κ1) is 16.5. The number of benzene rings is 1. The fraction of sp³-hybridized carbons (Fsp3) is 0.118. The summed E-state index contributed by atoms with van der Waals surface area (Å²) >= 11 is 12.1. The Morgan fingerprint density at radius 2 is 1.83 bits per heavy atom. The Bertz CT molecular complexity index is 903. The van der Waals surface area contributed by atoms with Crippen LogP contribution in [0, 0.1) is 13.8 Å². The summed E-state index contributed by atoms with van der Waals surface area (Å²) in [6.45, 7) is 3.79. The van der Waals surface area contributed by atoms with Gasteiger partial charge in [0.1, 0.15) is 5.82 Å². The molecule has 0 aliphatic rings. The van der Waals surface area contributed by atoms with Gasteiger partial charge in [0.2, 0.25) is 0 Å². The fourth-order valence-electron chi connectivity index (χ4n) is 2.21. The summed E-state index contributed by atoms with van der Waals surface area (Å²) in [5.41, 5.74) is 2.37. The van der Waals surface area contributed by atoms with Crippen molar-refractivity contribution >= 4 is 34.9 Å². The molecule has 0 spiro atoms. The zero-order chi connectivity index (χ0) is 17.3. The van der Waals surface area contributed by atoms with Crippen LogP contribution in [0.3, 0.4) is 0 Å². The average molecular weight is 361 g/mol. The van der Waals surface area contributed by atoms with Crippen LogP contribution in [0.2, 0.25) is 10.0 Å². The lowest BCUT2D eigenvalue weighted by atomic mass is 10.1. The van der Waals surface area contributed by atoms with Crippen LogP contribution in [0.4, 0.5) is 5.82 Å². The molecule has 1 N–H and O–H groups in total. The van der Waals surface area contributed by atoms with Gasteiger partial charge < -0.3 is 5.32 Å². The summed E-state index contributed by atoms with van der Waals surface area (Å²) in [4.78, 5) is 16.6. The van der Waals surface area contributed by atoms with Crippen LogP contribution in [0.5, 0.6) is 0 Å². The van der Waals surface area contributed by atoms with E-state index < -0.39 is 0 Å². The predicted octanol–water partition coefficient (Wildman–Crippen LogP) is 4.44. The molecular formula is C17H14Cl2N4O. The number of nitrogens with zero attached hydrogens (tertiary/aromatic N) is 3. The zero-order valence-corrected chi connectivity index (χ0v) is 14.6. The van der Waals surface area contributed by atoms with E-state index in [0.717, 1.165) is 11.3 Å². The SMILES string of the molecule is Cc1ccc(C(=O)Nc2cc(C)nn2-c2ncc(Cl)cc2Cl)cc1. The lowest BCUT2D eigenvalue weighted by Gasteiger charge is -2.10. The standard InChI is InChI=1S/C17H14Cl2N4O/c1-10-3-5-12(6-4-10)17(24)21-15-7-11(2)22-23(15)16-14(19)8-13(18)9-20-16/h3-9H,1-2H3,(H,21,24). The van der Waals surface area contributed by atoms with Crippen molar-refractivity contribution in [1.82, 2.24) is 14.8 Å². The highest BCUT2D eigenvalue weighted by Gasteiger charge is 2.15. The molecule has 0 radical (unpaired) electrons. The minimum Gasteiger partial charge on any atom is -0.306 e. The molecule has 5 nitrogen and oxygen atoms in total. The van der Waals surface area contributed by atoms with Gasteiger partial charge in [-0.15, -0.1) is 0 Å². The van der Waals surface area contributed by atoms with Gasteiger partial charge in [-0.2, -0.15) is 9.78 Å². The van der Waals surface area contributed by atoms with Crippen molar-refractivity contribution < 1.29 is 4.79 Å². The number of rotatable bonds is 3. The monoisotopic (exact) mass is 360 g/mol. The van der Waals surface area contributed by atoms with E-state index in [1.807, 2.05) is 26.0 Å². The summed E-state index contributed by atoms with van der Waals surface area (Å²) < 4.78 is 1.49. The Labute approximate surface area is 149 Å². The van der Waals surface area contributed by atoms with Crippen LogP contribution in [0.1, 0.15) is 21.6 Å². The van der Waals surface area contributed by atoms with Crippen molar-refractivity contribution in [3.05, 3.63) is 69.5 Å². The molecule has 3 rings (SSSR count). The third kappa shape index (κ3) is 3.42. The summed E-state index contributed by atoms with van der Waals surface area (Å²) in [5.74, 6) is 0.643. The number of nitrogens with one attached hydrogen (secondary N) is 1. The van der Waals surface area contributed by atoms with Crippen LogP contribution >= 0.6 is 23.2 Å². The molecule has 0 bridgehead atoms. The highest BCUT2D eigenvalue weighted by atomic mass is 35.5. The van der Waals surface area contributed by atoms with E-state index in [2.05, 4.69) is 15.4 Å². The number of amides is 1. The molecule has 1 aromatic carbocycles. The maximum Gasteiger partial charge on any atom is 0.256 e. The zero-order valence-electron chi connectivity index (χ0n) is 13.0. The molecule has 0 saturated heterocycles. The Balaban J connectivity index is 1.94. The summed E-state index contributed by atoms with van der Waals surface area (Å²) in [6, 6.07) is 10.6. The van der Waals surface area contributed by atoms with Crippen molar-refractivity contribution in [2.75, 3.05) is 5.32 Å². The molecule has 0 unspecified atom stereocenters. The number of hydrogen-bond donors (Lipinski definition) is 1. The molecule has 1 amide bonds. The van der Waals surface area contributed by atoms with Crippen LogP contribution in [-0.4, -0.2) is 20.7 Å². The second-order valence-corrected chi connectivity index (χ2v) is 6.21. The lowest BCUT2D eigenvalue weighted by molar-refractivity contribution is 0.102. The highest BCUT2D eigenvalue weighted by molar-refractivity contribution is 6.35. The minimum absolute atomic E-state index is 0.235. The molecule has 2 aromatic heterocycles. The molecule has 0 saturated carbocycles. The highest BCUT2D eigenvalue weighted by Crippen LogP contribution is 2.25. The molecule has 0 fully saturated rings. The normalized spacial score (nSPS) is 10.7. The second kappa shape index (κ2) is 6.63. The van der Waals surface area contributed by atoms with Gasteiger partial charge in [-0.05, 0) is 32.0 Å². The number of carbonyl (C=O) groups is 1. The third-order valence-electron chi connectivity index (χ3n) is 3.38. The molecule has 122 valence electrons. The van der Waals surface area contributed by atoms with E-state index in [1.54, 1.807) is 24.3 Å². The average Bonchev–Trinajstić information content (AvgIpc) is 2.88. The van der Waals surface area contributed by atoms with E-state index in [4.69, 9.17) is 23.2 Å². The van der Waals surface area contributed by atoms with Crippen molar-refractivity contribution in [2.45, 2.75) is 13.8 Å². The van der Waals surface area contributed by atoms with Gasteiger partial charge in [0, 0.05) is 17.8 Å². The lowest BCUT2D eigenvalue weighted by Crippen LogP contribution is -2.15. The van der Waals surface area contributed by atoms with Crippen molar-refractivity contribution in [3.8, 4) is 5.82 Å². The van der Waals surface area contributed by atoms with E-state index >= 15 is 0 Å². The van der Waals surface area contributed by atoms with E-state index in [1.165, 1.54) is 10.9 Å². The number of pyridine rings is 1. The molecule has 7 heteroatoms. The predicted molar refractivity (Wildman–Crippen MR) is 95.2 cm³/mol. The van der Waals surface area contributed by atoms with Gasteiger partial charge in [-0.25, -0.2) is 4.98 Å². The Morgan fingerprint density at radius 3 is 2.50 bits per heavy atom. The second-order valence-electron chi connectivity index (χ2n) is 5.36. The molecule has 3 aromatic rings. The molecular weight excluding hydrogens is 347 g/mol. The van der Waals surface area contributed by atoms with E-state index in [9.17, 15) is 4.79 Å². The number of aryl methyl sites for hydroxylation is 2. The van der Waals surface area contributed by atoms with Crippen molar-refractivity contribution in [3.63, 3.8) is 0 Å². The van der Waals surface area contributed by atoms with Gasteiger partial charge in [0.15, 0.2) is 5.82 Å². The first-order valence-corrected chi connectivity index (χ1v) is 7.96. The molecule has 0 aliphatic carbocycles. The number of halogens is 2. The Morgan fingerprint density at radius 1 is 1.12 bits per heavy atom. The van der Waals surface area contributed by atoms with Crippen LogP contribution in [0.15, 0.2) is 42.6 Å². The molecule has 0 aliphatic heterocycles. The van der Waals surface area contributed by atoms with Gasteiger partial charge in [-0.1, -0.05) is 40.9 Å². The minimum atomic E-state index is -0.235. The number of hydrogen-bond acceptors (Lipinski definition) is 3. The number of aromatic nitrogens is 3. The van der Waals surface area contributed by atoms with Crippen LogP contribution in [0.25, 0.3) is 5.82 Å². The van der Waals surface area contributed by atoms with Crippen LogP contribution < -0.4 is 5.32 Å². The number of carbonyl (C=O) groups excluding carboxylic acids is 1. The van der Waals surface area contributed by atoms with Gasteiger partial charge in [-0.3, -0.25) is 4.79 Å². The Hall–Kier alpha value is -2.37.